The van der Waals surface area contributed by atoms with E-state index in [2.05, 4.69) is 10.6 Å². The summed E-state index contributed by atoms with van der Waals surface area (Å²) in [5, 5.41) is 14.9. The second-order valence-corrected chi connectivity index (χ2v) is 6.44. The van der Waals surface area contributed by atoms with E-state index >= 15 is 0 Å². The van der Waals surface area contributed by atoms with Gasteiger partial charge in [0.15, 0.2) is 0 Å². The first-order valence-electron chi connectivity index (χ1n) is 9.01. The summed E-state index contributed by atoms with van der Waals surface area (Å²) in [5.41, 5.74) is 3.41. The molecule has 2 amide bonds. The van der Waals surface area contributed by atoms with Gasteiger partial charge in [-0.3, -0.25) is 9.59 Å². The fourth-order valence-electron chi connectivity index (χ4n) is 2.65. The van der Waals surface area contributed by atoms with Gasteiger partial charge in [-0.1, -0.05) is 48.0 Å². The highest BCUT2D eigenvalue weighted by atomic mass is 16.2. The highest BCUT2D eigenvalue weighted by Crippen LogP contribution is 2.16. The van der Waals surface area contributed by atoms with Crippen LogP contribution < -0.4 is 10.6 Å². The minimum Gasteiger partial charge on any atom is -0.322 e. The number of carbonyl (C=O) groups excluding carboxylic acids is 2. The molecule has 0 aliphatic heterocycles. The van der Waals surface area contributed by atoms with Crippen molar-refractivity contribution in [2.24, 2.45) is 0 Å². The van der Waals surface area contributed by atoms with Crippen molar-refractivity contribution in [3.8, 4) is 6.07 Å². The molecule has 2 N–H and O–H groups in total. The van der Waals surface area contributed by atoms with Crippen LogP contribution in [0.25, 0.3) is 6.08 Å². The molecule has 0 heterocycles. The molecule has 3 aromatic carbocycles. The molecule has 0 atom stereocenters. The molecule has 0 fully saturated rings. The first-order chi connectivity index (χ1) is 14.0. The van der Waals surface area contributed by atoms with Gasteiger partial charge in [0.25, 0.3) is 11.8 Å². The molecule has 3 rings (SSSR count). The summed E-state index contributed by atoms with van der Waals surface area (Å²) in [6, 6.07) is 25.1. The van der Waals surface area contributed by atoms with Gasteiger partial charge >= 0.3 is 0 Å². The van der Waals surface area contributed by atoms with Crippen molar-refractivity contribution >= 4 is 29.3 Å². The number of anilines is 2. The van der Waals surface area contributed by atoms with Crippen LogP contribution in [0.4, 0.5) is 11.4 Å². The van der Waals surface area contributed by atoms with E-state index in [-0.39, 0.29) is 11.5 Å². The number of nitriles is 1. The van der Waals surface area contributed by atoms with Crippen LogP contribution >= 0.6 is 0 Å². The predicted octanol–water partition coefficient (Wildman–Crippen LogP) is 4.79. The number of benzene rings is 3. The molecule has 0 aliphatic carbocycles. The number of rotatable bonds is 5. The van der Waals surface area contributed by atoms with Crippen molar-refractivity contribution in [2.75, 3.05) is 10.6 Å². The molecule has 0 bridgehead atoms. The number of para-hydroxylation sites is 1. The van der Waals surface area contributed by atoms with E-state index in [9.17, 15) is 14.9 Å². The minimum absolute atomic E-state index is 0.0316. The van der Waals surface area contributed by atoms with Gasteiger partial charge in [-0.2, -0.15) is 5.26 Å². The molecule has 142 valence electrons. The zero-order chi connectivity index (χ0) is 20.6. The number of carbonyl (C=O) groups is 2. The summed E-state index contributed by atoms with van der Waals surface area (Å²) >= 11 is 0. The molecule has 0 saturated carbocycles. The Kier molecular flexibility index (Phi) is 6.18. The van der Waals surface area contributed by atoms with Crippen molar-refractivity contribution in [2.45, 2.75) is 6.92 Å². The van der Waals surface area contributed by atoms with Crippen molar-refractivity contribution in [3.63, 3.8) is 0 Å². The van der Waals surface area contributed by atoms with Crippen molar-refractivity contribution in [1.82, 2.24) is 0 Å². The monoisotopic (exact) mass is 381 g/mol. The van der Waals surface area contributed by atoms with Crippen LogP contribution in [0.1, 0.15) is 21.5 Å². The van der Waals surface area contributed by atoms with Gasteiger partial charge in [0.1, 0.15) is 11.6 Å². The number of hydrogen-bond acceptors (Lipinski definition) is 3. The van der Waals surface area contributed by atoms with E-state index in [0.717, 1.165) is 5.56 Å². The van der Waals surface area contributed by atoms with Gasteiger partial charge in [-0.05, 0) is 55.0 Å². The molecule has 0 aromatic heterocycles. The maximum atomic E-state index is 12.4. The zero-order valence-corrected chi connectivity index (χ0v) is 15.8. The third-order valence-electron chi connectivity index (χ3n) is 4.17. The van der Waals surface area contributed by atoms with Crippen LogP contribution in [0.5, 0.6) is 0 Å². The number of aryl methyl sites for hydroxylation is 1. The van der Waals surface area contributed by atoms with E-state index in [4.69, 9.17) is 0 Å². The Morgan fingerprint density at radius 2 is 1.55 bits per heavy atom. The van der Waals surface area contributed by atoms with Crippen molar-refractivity contribution in [1.29, 1.82) is 5.26 Å². The van der Waals surface area contributed by atoms with Gasteiger partial charge in [0.05, 0.1) is 0 Å². The van der Waals surface area contributed by atoms with Gasteiger partial charge in [-0.25, -0.2) is 0 Å². The third-order valence-corrected chi connectivity index (χ3v) is 4.17. The second kappa shape index (κ2) is 9.16. The molecule has 5 nitrogen and oxygen atoms in total. The van der Waals surface area contributed by atoms with Crippen molar-refractivity contribution < 1.29 is 9.59 Å². The van der Waals surface area contributed by atoms with E-state index < -0.39 is 5.91 Å². The first kappa shape index (κ1) is 19.6. The maximum Gasteiger partial charge on any atom is 0.266 e. The number of amides is 2. The van der Waals surface area contributed by atoms with Crippen LogP contribution in [0, 0.1) is 18.3 Å². The number of nitrogens with zero attached hydrogens (tertiary/aromatic N) is 1. The Hall–Kier alpha value is -4.17. The lowest BCUT2D eigenvalue weighted by Gasteiger charge is -2.07. The standard InChI is InChI=1S/C24H19N3O2/c1-17-10-12-19(13-11-17)23(28)27-22-9-5-6-18(15-22)14-20(16-25)24(29)26-21-7-3-2-4-8-21/h2-15H,1H3,(H,26,29)(H,27,28). The highest BCUT2D eigenvalue weighted by Gasteiger charge is 2.10. The van der Waals surface area contributed by atoms with Crippen LogP contribution in [0.3, 0.4) is 0 Å². The van der Waals surface area contributed by atoms with Crippen LogP contribution in [0.15, 0.2) is 84.4 Å². The first-order valence-corrected chi connectivity index (χ1v) is 9.01. The highest BCUT2D eigenvalue weighted by molar-refractivity contribution is 6.10. The largest absolute Gasteiger partial charge is 0.322 e. The maximum absolute atomic E-state index is 12.4. The average Bonchev–Trinajstić information content (AvgIpc) is 2.73. The summed E-state index contributed by atoms with van der Waals surface area (Å²) in [7, 11) is 0. The Morgan fingerprint density at radius 1 is 0.862 bits per heavy atom. The van der Waals surface area contributed by atoms with Gasteiger partial charge in [0, 0.05) is 16.9 Å². The van der Waals surface area contributed by atoms with E-state index in [1.54, 1.807) is 60.7 Å². The smallest absolute Gasteiger partial charge is 0.266 e. The Labute approximate surface area is 169 Å². The quantitative estimate of drug-likeness (QED) is 0.492. The summed E-state index contributed by atoms with van der Waals surface area (Å²) in [6.45, 7) is 1.96. The van der Waals surface area contributed by atoms with Gasteiger partial charge in [-0.15, -0.1) is 0 Å². The van der Waals surface area contributed by atoms with Crippen molar-refractivity contribution in [3.05, 3.63) is 101 Å². The molecular weight excluding hydrogens is 362 g/mol. The van der Waals surface area contributed by atoms with Crippen LogP contribution in [0.2, 0.25) is 0 Å². The molecule has 0 radical (unpaired) electrons. The Morgan fingerprint density at radius 3 is 2.24 bits per heavy atom. The Bertz CT molecular complexity index is 1090. The summed E-state index contributed by atoms with van der Waals surface area (Å²) in [5.74, 6) is -0.721. The SMILES string of the molecule is Cc1ccc(C(=O)Nc2cccc(C=C(C#N)C(=O)Nc3ccccc3)c2)cc1. The lowest BCUT2D eigenvalue weighted by Crippen LogP contribution is -2.13. The molecular formula is C24H19N3O2. The lowest BCUT2D eigenvalue weighted by molar-refractivity contribution is -0.112. The molecule has 0 spiro atoms. The fraction of sp³-hybridized carbons (Fsp3) is 0.0417. The zero-order valence-electron chi connectivity index (χ0n) is 15.8. The topological polar surface area (TPSA) is 82.0 Å². The van der Waals surface area contributed by atoms with E-state index in [0.29, 0.717) is 22.5 Å². The van der Waals surface area contributed by atoms with Crippen LogP contribution in [-0.4, -0.2) is 11.8 Å². The van der Waals surface area contributed by atoms with E-state index in [1.807, 2.05) is 31.2 Å². The summed E-state index contributed by atoms with van der Waals surface area (Å²) < 4.78 is 0. The fourth-order valence-corrected chi connectivity index (χ4v) is 2.65. The summed E-state index contributed by atoms with van der Waals surface area (Å²) in [4.78, 5) is 24.7. The van der Waals surface area contributed by atoms with E-state index in [1.165, 1.54) is 6.08 Å². The molecule has 0 saturated heterocycles. The number of nitrogens with one attached hydrogen (secondary N) is 2. The normalized spacial score (nSPS) is 10.7. The summed E-state index contributed by atoms with van der Waals surface area (Å²) in [6.07, 6.45) is 1.49. The van der Waals surface area contributed by atoms with Gasteiger partial charge in [0.2, 0.25) is 0 Å². The molecule has 5 heteroatoms. The average molecular weight is 381 g/mol. The molecule has 0 aliphatic rings. The lowest BCUT2D eigenvalue weighted by atomic mass is 10.1. The predicted molar refractivity (Wildman–Crippen MR) is 114 cm³/mol. The molecule has 29 heavy (non-hydrogen) atoms. The molecule has 0 unspecified atom stereocenters. The minimum atomic E-state index is -0.493. The second-order valence-electron chi connectivity index (χ2n) is 6.44. The van der Waals surface area contributed by atoms with Gasteiger partial charge < -0.3 is 10.6 Å². The van der Waals surface area contributed by atoms with Crippen LogP contribution in [-0.2, 0) is 4.79 Å². The third kappa shape index (κ3) is 5.41. The Balaban J connectivity index is 1.75. The number of hydrogen-bond donors (Lipinski definition) is 2. The molecule has 3 aromatic rings.